The SMILES string of the molecule is N#Cc1cc(-c2ccnc(Cc3ccc(Cl)nc3)n2)ccc1OC1CCOCC1. The Hall–Kier alpha value is -3.01. The Morgan fingerprint density at radius 3 is 2.76 bits per heavy atom. The van der Waals surface area contributed by atoms with E-state index in [0.717, 1.165) is 29.7 Å². The molecule has 1 saturated heterocycles. The molecule has 0 aliphatic carbocycles. The van der Waals surface area contributed by atoms with Crippen LogP contribution in [-0.4, -0.2) is 34.3 Å². The summed E-state index contributed by atoms with van der Waals surface area (Å²) in [5, 5.41) is 10.0. The fourth-order valence-electron chi connectivity index (χ4n) is 3.19. The first-order valence-electron chi connectivity index (χ1n) is 9.42. The number of nitriles is 1. The summed E-state index contributed by atoms with van der Waals surface area (Å²) < 4.78 is 11.4. The van der Waals surface area contributed by atoms with Crippen LogP contribution in [0.1, 0.15) is 29.8 Å². The summed E-state index contributed by atoms with van der Waals surface area (Å²) in [6.45, 7) is 1.38. The summed E-state index contributed by atoms with van der Waals surface area (Å²) in [5.74, 6) is 1.28. The molecule has 6 nitrogen and oxygen atoms in total. The number of ether oxygens (including phenoxy) is 2. The van der Waals surface area contributed by atoms with E-state index in [-0.39, 0.29) is 6.10 Å². The van der Waals surface area contributed by atoms with E-state index in [2.05, 4.69) is 21.0 Å². The highest BCUT2D eigenvalue weighted by Crippen LogP contribution is 2.27. The highest BCUT2D eigenvalue weighted by atomic mass is 35.5. The van der Waals surface area contributed by atoms with Crippen molar-refractivity contribution in [2.45, 2.75) is 25.4 Å². The van der Waals surface area contributed by atoms with Gasteiger partial charge in [-0.1, -0.05) is 17.7 Å². The largest absolute Gasteiger partial charge is 0.489 e. The second-order valence-electron chi connectivity index (χ2n) is 6.78. The van der Waals surface area contributed by atoms with Crippen LogP contribution in [0.25, 0.3) is 11.3 Å². The van der Waals surface area contributed by atoms with E-state index in [0.29, 0.717) is 41.9 Å². The molecule has 0 amide bonds. The van der Waals surface area contributed by atoms with Gasteiger partial charge in [0.25, 0.3) is 0 Å². The summed E-state index contributed by atoms with van der Waals surface area (Å²) >= 11 is 5.84. The normalized spacial score (nSPS) is 14.3. The first-order chi connectivity index (χ1) is 14.2. The number of aromatic nitrogens is 3. The molecule has 0 atom stereocenters. The lowest BCUT2D eigenvalue weighted by molar-refractivity contribution is 0.0254. The molecule has 0 spiro atoms. The van der Waals surface area contributed by atoms with Gasteiger partial charge in [-0.05, 0) is 35.9 Å². The molecule has 0 saturated carbocycles. The molecule has 3 heterocycles. The Kier molecular flexibility index (Phi) is 5.99. The molecule has 146 valence electrons. The second-order valence-corrected chi connectivity index (χ2v) is 7.16. The highest BCUT2D eigenvalue weighted by molar-refractivity contribution is 6.29. The van der Waals surface area contributed by atoms with E-state index in [4.69, 9.17) is 21.1 Å². The van der Waals surface area contributed by atoms with Gasteiger partial charge in [-0.15, -0.1) is 0 Å². The Balaban J connectivity index is 1.54. The molecule has 2 aromatic heterocycles. The third kappa shape index (κ3) is 4.89. The zero-order valence-corrected chi connectivity index (χ0v) is 16.5. The van der Waals surface area contributed by atoms with E-state index in [9.17, 15) is 5.26 Å². The molecule has 1 aliphatic heterocycles. The van der Waals surface area contributed by atoms with Crippen LogP contribution in [0.15, 0.2) is 48.8 Å². The van der Waals surface area contributed by atoms with Gasteiger partial charge in [0, 0.05) is 37.2 Å². The number of halogens is 1. The maximum atomic E-state index is 9.59. The zero-order valence-electron chi connectivity index (χ0n) is 15.7. The van der Waals surface area contributed by atoms with Crippen molar-refractivity contribution < 1.29 is 9.47 Å². The monoisotopic (exact) mass is 406 g/mol. The van der Waals surface area contributed by atoms with Crippen molar-refractivity contribution >= 4 is 11.6 Å². The smallest absolute Gasteiger partial charge is 0.137 e. The fraction of sp³-hybridized carbons (Fsp3) is 0.273. The Labute approximate surface area is 174 Å². The first-order valence-corrected chi connectivity index (χ1v) is 9.80. The molecule has 1 aromatic carbocycles. The van der Waals surface area contributed by atoms with Crippen LogP contribution in [0.4, 0.5) is 0 Å². The van der Waals surface area contributed by atoms with Crippen LogP contribution in [0.3, 0.4) is 0 Å². The van der Waals surface area contributed by atoms with Gasteiger partial charge in [-0.2, -0.15) is 5.26 Å². The summed E-state index contributed by atoms with van der Waals surface area (Å²) in [6.07, 6.45) is 5.74. The van der Waals surface area contributed by atoms with E-state index < -0.39 is 0 Å². The Bertz CT molecular complexity index is 1030. The number of hydrogen-bond acceptors (Lipinski definition) is 6. The molecule has 0 unspecified atom stereocenters. The van der Waals surface area contributed by atoms with Crippen LogP contribution in [0.2, 0.25) is 5.15 Å². The van der Waals surface area contributed by atoms with Gasteiger partial charge in [0.15, 0.2) is 0 Å². The minimum Gasteiger partial charge on any atom is -0.489 e. The second kappa shape index (κ2) is 8.99. The Morgan fingerprint density at radius 1 is 1.14 bits per heavy atom. The van der Waals surface area contributed by atoms with Crippen LogP contribution >= 0.6 is 11.6 Å². The molecule has 7 heteroatoms. The maximum Gasteiger partial charge on any atom is 0.137 e. The molecule has 3 aromatic rings. The van der Waals surface area contributed by atoms with Gasteiger partial charge in [-0.3, -0.25) is 0 Å². The quantitative estimate of drug-likeness (QED) is 0.590. The zero-order chi connectivity index (χ0) is 20.1. The van der Waals surface area contributed by atoms with E-state index in [1.165, 1.54) is 0 Å². The number of hydrogen-bond donors (Lipinski definition) is 0. The number of pyridine rings is 1. The fourth-order valence-corrected chi connectivity index (χ4v) is 3.30. The summed E-state index contributed by atoms with van der Waals surface area (Å²) in [5.41, 5.74) is 3.07. The third-order valence-electron chi connectivity index (χ3n) is 4.71. The van der Waals surface area contributed by atoms with Crippen molar-refractivity contribution in [2.75, 3.05) is 13.2 Å². The van der Waals surface area contributed by atoms with Crippen molar-refractivity contribution in [3.05, 3.63) is 70.9 Å². The van der Waals surface area contributed by atoms with Crippen LogP contribution < -0.4 is 4.74 Å². The Morgan fingerprint density at radius 2 is 2.00 bits per heavy atom. The predicted molar refractivity (Wildman–Crippen MR) is 109 cm³/mol. The molecule has 0 bridgehead atoms. The van der Waals surface area contributed by atoms with Gasteiger partial charge in [0.1, 0.15) is 28.9 Å². The minimum atomic E-state index is 0.0836. The summed E-state index contributed by atoms with van der Waals surface area (Å²) in [4.78, 5) is 13.1. The van der Waals surface area contributed by atoms with Crippen molar-refractivity contribution in [2.24, 2.45) is 0 Å². The lowest BCUT2D eigenvalue weighted by Crippen LogP contribution is -2.26. The van der Waals surface area contributed by atoms with Crippen molar-refractivity contribution in [3.63, 3.8) is 0 Å². The van der Waals surface area contributed by atoms with Gasteiger partial charge in [-0.25, -0.2) is 15.0 Å². The van der Waals surface area contributed by atoms with Gasteiger partial charge in [0.2, 0.25) is 0 Å². The van der Waals surface area contributed by atoms with E-state index in [1.54, 1.807) is 18.5 Å². The number of nitrogens with zero attached hydrogens (tertiary/aromatic N) is 4. The lowest BCUT2D eigenvalue weighted by Gasteiger charge is -2.23. The van der Waals surface area contributed by atoms with Crippen LogP contribution in [0, 0.1) is 11.3 Å². The highest BCUT2D eigenvalue weighted by Gasteiger charge is 2.17. The first kappa shape index (κ1) is 19.3. The van der Waals surface area contributed by atoms with E-state index in [1.807, 2.05) is 30.3 Å². The molecule has 0 radical (unpaired) electrons. The average molecular weight is 407 g/mol. The maximum absolute atomic E-state index is 9.59. The van der Waals surface area contributed by atoms with Crippen LogP contribution in [0.5, 0.6) is 5.75 Å². The lowest BCUT2D eigenvalue weighted by atomic mass is 10.1. The third-order valence-corrected chi connectivity index (χ3v) is 4.94. The van der Waals surface area contributed by atoms with E-state index >= 15 is 0 Å². The van der Waals surface area contributed by atoms with Gasteiger partial charge in [0.05, 0.1) is 24.5 Å². The number of benzene rings is 1. The van der Waals surface area contributed by atoms with Crippen molar-refractivity contribution in [3.8, 4) is 23.1 Å². The molecule has 0 N–H and O–H groups in total. The molecule has 1 fully saturated rings. The molecular weight excluding hydrogens is 388 g/mol. The van der Waals surface area contributed by atoms with Crippen molar-refractivity contribution in [1.29, 1.82) is 5.26 Å². The molecule has 4 rings (SSSR count). The molecular formula is C22H19ClN4O2. The molecule has 29 heavy (non-hydrogen) atoms. The topological polar surface area (TPSA) is 80.9 Å². The molecule has 1 aliphatic rings. The van der Waals surface area contributed by atoms with Gasteiger partial charge < -0.3 is 9.47 Å². The summed E-state index contributed by atoms with van der Waals surface area (Å²) in [6, 6.07) is 13.3. The van der Waals surface area contributed by atoms with Crippen LogP contribution in [-0.2, 0) is 11.2 Å². The van der Waals surface area contributed by atoms with Crippen molar-refractivity contribution in [1.82, 2.24) is 15.0 Å². The number of rotatable bonds is 5. The predicted octanol–water partition coefficient (Wildman–Crippen LogP) is 4.21. The minimum absolute atomic E-state index is 0.0836. The summed E-state index contributed by atoms with van der Waals surface area (Å²) in [7, 11) is 0. The average Bonchev–Trinajstić information content (AvgIpc) is 2.76. The standard InChI is InChI=1S/C22H19ClN4O2/c23-21-4-1-15(14-26-21)11-22-25-8-5-19(27-22)16-2-3-20(17(12-16)13-24)29-18-6-9-28-10-7-18/h1-5,8,12,14,18H,6-7,9-11H2. The van der Waals surface area contributed by atoms with Gasteiger partial charge >= 0.3 is 0 Å².